The van der Waals surface area contributed by atoms with Gasteiger partial charge >= 0.3 is 0 Å². The Balaban J connectivity index is 1.76. The van der Waals surface area contributed by atoms with E-state index in [1.165, 1.54) is 22.6 Å². The third-order valence-corrected chi connectivity index (χ3v) is 6.54. The molecule has 1 aromatic carbocycles. The largest absolute Gasteiger partial charge is 0.379 e. The number of benzene rings is 1. The molecule has 29 heavy (non-hydrogen) atoms. The van der Waals surface area contributed by atoms with Gasteiger partial charge in [0, 0.05) is 31.8 Å². The zero-order valence-corrected chi connectivity index (χ0v) is 16.8. The van der Waals surface area contributed by atoms with E-state index in [1.807, 2.05) is 0 Å². The molecule has 3 rings (SSSR count). The Morgan fingerprint density at radius 3 is 2.62 bits per heavy atom. The lowest BCUT2D eigenvalue weighted by Gasteiger charge is -2.26. The van der Waals surface area contributed by atoms with Crippen molar-refractivity contribution in [1.82, 2.24) is 4.31 Å². The van der Waals surface area contributed by atoms with E-state index in [1.54, 1.807) is 42.0 Å². The van der Waals surface area contributed by atoms with Gasteiger partial charge in [0.1, 0.15) is 5.56 Å². The molecule has 1 fully saturated rings. The number of hydrogen-bond acceptors (Lipinski definition) is 5. The summed E-state index contributed by atoms with van der Waals surface area (Å²) in [5, 5.41) is 2.72. The summed E-state index contributed by atoms with van der Waals surface area (Å²) < 4.78 is 33.7. The summed E-state index contributed by atoms with van der Waals surface area (Å²) >= 11 is 0. The van der Waals surface area contributed by atoms with Crippen LogP contribution in [0.2, 0.25) is 0 Å². The van der Waals surface area contributed by atoms with Crippen LogP contribution < -0.4 is 15.6 Å². The van der Waals surface area contributed by atoms with E-state index in [-0.39, 0.29) is 16.4 Å². The Morgan fingerprint density at radius 1 is 1.21 bits per heavy atom. The summed E-state index contributed by atoms with van der Waals surface area (Å²) in [6.45, 7) is 2.96. The van der Waals surface area contributed by atoms with Crippen LogP contribution in [0.15, 0.2) is 53.7 Å². The van der Waals surface area contributed by atoms with Gasteiger partial charge in [0.05, 0.1) is 18.1 Å². The smallest absolute Gasteiger partial charge is 0.293 e. The summed E-state index contributed by atoms with van der Waals surface area (Å²) in [5.74, 6) is -0.953. The first kappa shape index (κ1) is 20.9. The Kier molecular flexibility index (Phi) is 6.26. The van der Waals surface area contributed by atoms with E-state index in [4.69, 9.17) is 10.5 Å². The average Bonchev–Trinajstić information content (AvgIpc) is 2.74. The number of morpholine rings is 1. The highest BCUT2D eigenvalue weighted by Gasteiger charge is 2.27. The zero-order chi connectivity index (χ0) is 21.0. The van der Waals surface area contributed by atoms with E-state index in [0.717, 1.165) is 0 Å². The van der Waals surface area contributed by atoms with Gasteiger partial charge < -0.3 is 15.8 Å². The number of anilines is 1. The Bertz CT molecular complexity index is 1020. The molecule has 1 aliphatic heterocycles. The number of carbonyl (C=O) groups excluding carboxylic acids is 2. The molecule has 0 saturated carbocycles. The lowest BCUT2D eigenvalue weighted by atomic mass is 10.2. The zero-order valence-electron chi connectivity index (χ0n) is 15.9. The number of aromatic nitrogens is 1. The molecule has 0 bridgehead atoms. The fourth-order valence-electron chi connectivity index (χ4n) is 2.93. The summed E-state index contributed by atoms with van der Waals surface area (Å²) in [5.41, 5.74) is 5.93. The molecule has 0 aliphatic carbocycles. The lowest BCUT2D eigenvalue weighted by Crippen LogP contribution is -2.44. The molecule has 2 amide bonds. The average molecular weight is 419 g/mol. The summed E-state index contributed by atoms with van der Waals surface area (Å²) in [6.07, 6.45) is 3.14. The molecule has 2 heterocycles. The standard InChI is InChI=1S/C19H22N4O5S/c1-14(22-7-3-4-15(13-22)18(20)24)19(25)21-16-5-2-6-17(12-16)29(26,27)23-8-10-28-11-9-23/h2-7,12-14H,8-11H2,1H3,(H2-,20,21,24,25)/p+1/t14-/m0/s1. The van der Waals surface area contributed by atoms with E-state index in [0.29, 0.717) is 32.0 Å². The van der Waals surface area contributed by atoms with Crippen molar-refractivity contribution in [3.63, 3.8) is 0 Å². The predicted molar refractivity (Wildman–Crippen MR) is 105 cm³/mol. The molecule has 154 valence electrons. The molecule has 1 atom stereocenters. The van der Waals surface area contributed by atoms with Crippen LogP contribution in [0.3, 0.4) is 0 Å². The van der Waals surface area contributed by atoms with E-state index >= 15 is 0 Å². The monoisotopic (exact) mass is 419 g/mol. The van der Waals surface area contributed by atoms with Crippen LogP contribution in [0, 0.1) is 0 Å². The second kappa shape index (κ2) is 8.68. The number of pyridine rings is 1. The number of primary amides is 1. The van der Waals surface area contributed by atoms with Crippen LogP contribution in [-0.2, 0) is 19.6 Å². The van der Waals surface area contributed by atoms with Gasteiger partial charge in [-0.3, -0.25) is 9.59 Å². The number of amides is 2. The molecule has 1 aliphatic rings. The van der Waals surface area contributed by atoms with Gasteiger partial charge in [0.15, 0.2) is 12.4 Å². The van der Waals surface area contributed by atoms with Crippen molar-refractivity contribution in [3.8, 4) is 0 Å². The van der Waals surface area contributed by atoms with Gasteiger partial charge in [-0.15, -0.1) is 0 Å². The minimum absolute atomic E-state index is 0.105. The SMILES string of the molecule is C[C@@H](C(=O)Nc1cccc(S(=O)(=O)N2CCOCC2)c1)[n+]1cccc(C(N)=O)c1. The second-order valence-corrected chi connectivity index (χ2v) is 8.55. The first-order chi connectivity index (χ1) is 13.8. The van der Waals surface area contributed by atoms with E-state index in [9.17, 15) is 18.0 Å². The Morgan fingerprint density at radius 2 is 1.93 bits per heavy atom. The van der Waals surface area contributed by atoms with Gasteiger partial charge in [-0.05, 0) is 24.3 Å². The van der Waals surface area contributed by atoms with Gasteiger partial charge in [0.25, 0.3) is 11.8 Å². The number of nitrogens with two attached hydrogens (primary N) is 1. The molecule has 3 N–H and O–H groups in total. The summed E-state index contributed by atoms with van der Waals surface area (Å²) in [6, 6.07) is 8.66. The van der Waals surface area contributed by atoms with Crippen LogP contribution in [0.25, 0.3) is 0 Å². The van der Waals surface area contributed by atoms with Crippen LogP contribution >= 0.6 is 0 Å². The summed E-state index contributed by atoms with van der Waals surface area (Å²) in [7, 11) is -3.66. The number of carbonyl (C=O) groups is 2. The van der Waals surface area contributed by atoms with Crippen molar-refractivity contribution in [3.05, 3.63) is 54.4 Å². The molecule has 2 aromatic rings. The highest BCUT2D eigenvalue weighted by Crippen LogP contribution is 2.21. The number of hydrogen-bond donors (Lipinski definition) is 2. The Labute approximate surface area is 169 Å². The maximum atomic E-state index is 12.8. The van der Waals surface area contributed by atoms with Crippen molar-refractivity contribution in [2.45, 2.75) is 17.9 Å². The Hall–Kier alpha value is -2.82. The molecule has 0 unspecified atom stereocenters. The maximum Gasteiger partial charge on any atom is 0.293 e. The normalized spacial score (nSPS) is 16.2. The third-order valence-electron chi connectivity index (χ3n) is 4.64. The molecular weight excluding hydrogens is 396 g/mol. The van der Waals surface area contributed by atoms with Crippen LogP contribution in [0.5, 0.6) is 0 Å². The molecule has 10 heteroatoms. The van der Waals surface area contributed by atoms with Crippen LogP contribution in [-0.4, -0.2) is 50.8 Å². The van der Waals surface area contributed by atoms with Crippen molar-refractivity contribution in [2.75, 3.05) is 31.6 Å². The molecule has 1 aromatic heterocycles. The minimum atomic E-state index is -3.66. The van der Waals surface area contributed by atoms with Gasteiger partial charge in [-0.1, -0.05) is 6.07 Å². The van der Waals surface area contributed by atoms with Crippen molar-refractivity contribution >= 4 is 27.5 Å². The first-order valence-corrected chi connectivity index (χ1v) is 10.5. The number of ether oxygens (including phenoxy) is 1. The highest BCUT2D eigenvalue weighted by atomic mass is 32.2. The summed E-state index contributed by atoms with van der Waals surface area (Å²) in [4.78, 5) is 24.1. The van der Waals surface area contributed by atoms with E-state index in [2.05, 4.69) is 5.32 Å². The van der Waals surface area contributed by atoms with E-state index < -0.39 is 22.0 Å². The lowest BCUT2D eigenvalue weighted by molar-refractivity contribution is -0.705. The molecular formula is C19H23N4O5S+. The second-order valence-electron chi connectivity index (χ2n) is 6.61. The number of rotatable bonds is 6. The topological polar surface area (TPSA) is 123 Å². The van der Waals surface area contributed by atoms with Crippen molar-refractivity contribution < 1.29 is 27.3 Å². The quantitative estimate of drug-likeness (QED) is 0.652. The van der Waals surface area contributed by atoms with Crippen LogP contribution in [0.1, 0.15) is 23.3 Å². The van der Waals surface area contributed by atoms with Gasteiger partial charge in [0.2, 0.25) is 16.1 Å². The highest BCUT2D eigenvalue weighted by molar-refractivity contribution is 7.89. The molecule has 9 nitrogen and oxygen atoms in total. The predicted octanol–water partition coefficient (Wildman–Crippen LogP) is 0.294. The van der Waals surface area contributed by atoms with Gasteiger partial charge in [-0.25, -0.2) is 8.42 Å². The van der Waals surface area contributed by atoms with Crippen LogP contribution in [0.4, 0.5) is 5.69 Å². The number of nitrogens with one attached hydrogen (secondary N) is 1. The van der Waals surface area contributed by atoms with Crippen molar-refractivity contribution in [2.24, 2.45) is 5.73 Å². The first-order valence-electron chi connectivity index (χ1n) is 9.08. The fourth-order valence-corrected chi connectivity index (χ4v) is 4.39. The van der Waals surface area contributed by atoms with Gasteiger partial charge in [-0.2, -0.15) is 8.87 Å². The number of nitrogens with zero attached hydrogens (tertiary/aromatic N) is 2. The molecule has 0 spiro atoms. The third kappa shape index (κ3) is 4.78. The maximum absolute atomic E-state index is 12.8. The minimum Gasteiger partial charge on any atom is -0.379 e. The fraction of sp³-hybridized carbons (Fsp3) is 0.316. The molecule has 0 radical (unpaired) electrons. The van der Waals surface area contributed by atoms with Crippen molar-refractivity contribution in [1.29, 1.82) is 0 Å². The number of sulfonamides is 1. The molecule has 1 saturated heterocycles.